The fourth-order valence-electron chi connectivity index (χ4n) is 5.21. The van der Waals surface area contributed by atoms with Crippen LogP contribution in [0.5, 0.6) is 11.5 Å². The summed E-state index contributed by atoms with van der Waals surface area (Å²) in [5.74, 6) is -2.37. The Hall–Kier alpha value is -4.54. The predicted octanol–water partition coefficient (Wildman–Crippen LogP) is 1.96. The minimum atomic E-state index is -1.09. The van der Waals surface area contributed by atoms with Crippen molar-refractivity contribution in [3.05, 3.63) is 70.3 Å². The van der Waals surface area contributed by atoms with E-state index in [4.69, 9.17) is 9.47 Å². The molecule has 0 aromatic heterocycles. The van der Waals surface area contributed by atoms with Gasteiger partial charge in [0.1, 0.15) is 19.3 Å². The number of ether oxygens (including phenoxy) is 2. The molecule has 0 radical (unpaired) electrons. The van der Waals surface area contributed by atoms with Crippen molar-refractivity contribution in [2.75, 3.05) is 18.1 Å². The lowest BCUT2D eigenvalue weighted by molar-refractivity contribution is -0.384. The average molecular weight is 474 g/mol. The van der Waals surface area contributed by atoms with Crippen LogP contribution in [0.2, 0.25) is 0 Å². The summed E-state index contributed by atoms with van der Waals surface area (Å²) in [6, 6.07) is 8.47. The molecule has 2 fully saturated rings. The molecule has 0 N–H and O–H groups in total. The largest absolute Gasteiger partial charge is 0.486 e. The summed E-state index contributed by atoms with van der Waals surface area (Å²) in [5.41, 5.74) is 0.164. The summed E-state index contributed by atoms with van der Waals surface area (Å²) in [7, 11) is 0. The number of hydrazone groups is 1. The molecule has 0 spiro atoms. The molecule has 0 aliphatic carbocycles. The number of fused-ring (bicyclic) bond motifs is 4. The van der Waals surface area contributed by atoms with Crippen LogP contribution in [-0.4, -0.2) is 59.0 Å². The number of Topliss-reactive ketones (excluding diaryl/α,β-unsaturated/α-hetero) is 1. The summed E-state index contributed by atoms with van der Waals surface area (Å²) in [6.45, 7) is 0.757. The fraction of sp³-hybridized carbons (Fsp3) is 0.250. The standard InChI is InChI=1S/C24H18N4O7/c29-22(13-3-1-4-15(11-13)28(32)33)21-20-19(16-5-2-8-25-27(16)21)23(30)26(24(20)31)14-6-7-17-18(12-14)35-10-9-34-17/h1-8,11-12,16,19-21H,9-10H2/t16-,19-,20+,21-/m1/s1. The van der Waals surface area contributed by atoms with E-state index in [2.05, 4.69) is 5.10 Å². The number of non-ortho nitro benzene ring substituents is 1. The number of nitro benzene ring substituents is 1. The van der Waals surface area contributed by atoms with E-state index in [1.54, 1.807) is 30.4 Å². The Balaban J connectivity index is 1.40. The molecule has 2 aromatic carbocycles. The summed E-state index contributed by atoms with van der Waals surface area (Å²) in [4.78, 5) is 52.6. The van der Waals surface area contributed by atoms with E-state index >= 15 is 0 Å². The second-order valence-corrected chi connectivity index (χ2v) is 8.53. The topological polar surface area (TPSA) is 132 Å². The molecule has 4 heterocycles. The van der Waals surface area contributed by atoms with Crippen molar-refractivity contribution in [1.29, 1.82) is 0 Å². The van der Waals surface area contributed by atoms with Crippen molar-refractivity contribution in [2.24, 2.45) is 16.9 Å². The first-order valence-electron chi connectivity index (χ1n) is 11.0. The number of allylic oxidation sites excluding steroid dienone is 1. The number of nitrogens with zero attached hydrogens (tertiary/aromatic N) is 4. The van der Waals surface area contributed by atoms with E-state index in [0.29, 0.717) is 30.4 Å². The van der Waals surface area contributed by atoms with Gasteiger partial charge in [-0.1, -0.05) is 18.2 Å². The van der Waals surface area contributed by atoms with Crippen molar-refractivity contribution in [3.63, 3.8) is 0 Å². The van der Waals surface area contributed by atoms with Crippen molar-refractivity contribution < 1.29 is 28.8 Å². The molecule has 2 aromatic rings. The Bertz CT molecular complexity index is 1350. The molecule has 11 heteroatoms. The van der Waals surface area contributed by atoms with E-state index in [1.165, 1.54) is 35.5 Å². The number of rotatable bonds is 4. The van der Waals surface area contributed by atoms with Crippen LogP contribution < -0.4 is 14.4 Å². The van der Waals surface area contributed by atoms with Crippen LogP contribution in [0.1, 0.15) is 10.4 Å². The highest BCUT2D eigenvalue weighted by atomic mass is 16.6. The second kappa shape index (κ2) is 7.76. The van der Waals surface area contributed by atoms with E-state index in [1.807, 2.05) is 0 Å². The molecule has 11 nitrogen and oxygen atoms in total. The SMILES string of the molecule is O=C(c1cccc([N+](=O)[O-])c1)[C@H]1[C@H]2C(=O)N(c3ccc4c(c3)OCCO4)C(=O)[C@@H]2[C@H]2C=CC=NN21. The number of carbonyl (C=O) groups is 3. The molecule has 4 aliphatic rings. The van der Waals surface area contributed by atoms with Crippen molar-refractivity contribution in [2.45, 2.75) is 12.1 Å². The molecule has 0 bridgehead atoms. The third kappa shape index (κ3) is 3.11. The monoisotopic (exact) mass is 474 g/mol. The Kier molecular flexibility index (Phi) is 4.66. The van der Waals surface area contributed by atoms with Crippen LogP contribution in [0.15, 0.2) is 59.7 Å². The van der Waals surface area contributed by atoms with Crippen molar-refractivity contribution in [1.82, 2.24) is 5.01 Å². The smallest absolute Gasteiger partial charge is 0.270 e. The summed E-state index contributed by atoms with van der Waals surface area (Å²) < 4.78 is 11.1. The van der Waals surface area contributed by atoms with Crippen molar-refractivity contribution >= 4 is 35.2 Å². The van der Waals surface area contributed by atoms with E-state index in [0.717, 1.165) is 4.90 Å². The summed E-state index contributed by atoms with van der Waals surface area (Å²) in [5, 5.41) is 17.0. The van der Waals surface area contributed by atoms with Gasteiger partial charge in [0, 0.05) is 30.0 Å². The van der Waals surface area contributed by atoms with Gasteiger partial charge in [0.25, 0.3) is 5.69 Å². The van der Waals surface area contributed by atoms with Gasteiger partial charge in [-0.3, -0.25) is 29.5 Å². The zero-order valence-electron chi connectivity index (χ0n) is 18.1. The lowest BCUT2D eigenvalue weighted by Gasteiger charge is -2.30. The predicted molar refractivity (Wildman–Crippen MR) is 121 cm³/mol. The summed E-state index contributed by atoms with van der Waals surface area (Å²) >= 11 is 0. The van der Waals surface area contributed by atoms with Gasteiger partial charge in [0.15, 0.2) is 17.3 Å². The number of anilines is 1. The number of hydrogen-bond donors (Lipinski definition) is 0. The maximum Gasteiger partial charge on any atom is 0.270 e. The lowest BCUT2D eigenvalue weighted by Crippen LogP contribution is -2.46. The molecular weight excluding hydrogens is 456 g/mol. The minimum Gasteiger partial charge on any atom is -0.486 e. The molecule has 4 aliphatic heterocycles. The van der Waals surface area contributed by atoms with Gasteiger partial charge < -0.3 is 9.47 Å². The van der Waals surface area contributed by atoms with Gasteiger partial charge in [0.2, 0.25) is 11.8 Å². The van der Waals surface area contributed by atoms with Gasteiger partial charge in [0.05, 0.1) is 28.5 Å². The van der Waals surface area contributed by atoms with Crippen LogP contribution in [0.25, 0.3) is 0 Å². The van der Waals surface area contributed by atoms with Crippen LogP contribution in [0.4, 0.5) is 11.4 Å². The molecule has 0 unspecified atom stereocenters. The van der Waals surface area contributed by atoms with Crippen molar-refractivity contribution in [3.8, 4) is 11.5 Å². The first-order valence-corrected chi connectivity index (χ1v) is 11.0. The first-order chi connectivity index (χ1) is 17.0. The summed E-state index contributed by atoms with van der Waals surface area (Å²) in [6.07, 6.45) is 4.89. The number of hydrogen-bond acceptors (Lipinski definition) is 9. The van der Waals surface area contributed by atoms with Gasteiger partial charge in [-0.25, -0.2) is 4.90 Å². The van der Waals surface area contributed by atoms with Crippen LogP contribution >= 0.6 is 0 Å². The molecule has 2 saturated heterocycles. The van der Waals surface area contributed by atoms with Gasteiger partial charge in [-0.05, 0) is 18.2 Å². The third-order valence-electron chi connectivity index (χ3n) is 6.68. The molecule has 6 rings (SSSR count). The normalized spacial score (nSPS) is 26.1. The third-order valence-corrected chi connectivity index (χ3v) is 6.68. The molecule has 4 atom stereocenters. The molecule has 176 valence electrons. The number of imide groups is 1. The molecule has 35 heavy (non-hydrogen) atoms. The number of amides is 2. The lowest BCUT2D eigenvalue weighted by atomic mass is 9.86. The quantitative estimate of drug-likeness (QED) is 0.284. The zero-order valence-corrected chi connectivity index (χ0v) is 18.1. The highest BCUT2D eigenvalue weighted by molar-refractivity contribution is 6.24. The van der Waals surface area contributed by atoms with E-state index < -0.39 is 46.4 Å². The highest BCUT2D eigenvalue weighted by Crippen LogP contribution is 2.47. The minimum absolute atomic E-state index is 0.0754. The highest BCUT2D eigenvalue weighted by Gasteiger charge is 2.64. The number of carbonyl (C=O) groups excluding carboxylic acids is 3. The van der Waals surface area contributed by atoms with Gasteiger partial charge in [-0.15, -0.1) is 0 Å². The second-order valence-electron chi connectivity index (χ2n) is 8.53. The average Bonchev–Trinajstić information content (AvgIpc) is 3.35. The number of benzene rings is 2. The number of ketones is 1. The Morgan fingerprint density at radius 1 is 1.03 bits per heavy atom. The maximum atomic E-state index is 13.7. The van der Waals surface area contributed by atoms with E-state index in [9.17, 15) is 24.5 Å². The van der Waals surface area contributed by atoms with Gasteiger partial charge >= 0.3 is 0 Å². The Labute approximate surface area is 198 Å². The van der Waals surface area contributed by atoms with Gasteiger partial charge in [-0.2, -0.15) is 5.10 Å². The van der Waals surface area contributed by atoms with E-state index in [-0.39, 0.29) is 11.3 Å². The maximum absolute atomic E-state index is 13.7. The fourth-order valence-corrected chi connectivity index (χ4v) is 5.21. The van der Waals surface area contributed by atoms with Crippen LogP contribution in [0, 0.1) is 22.0 Å². The molecule has 0 saturated carbocycles. The number of nitro groups is 1. The Morgan fingerprint density at radius 2 is 1.80 bits per heavy atom. The molecular formula is C24H18N4O7. The van der Waals surface area contributed by atoms with Crippen LogP contribution in [-0.2, 0) is 9.59 Å². The zero-order chi connectivity index (χ0) is 24.3. The Morgan fingerprint density at radius 3 is 2.60 bits per heavy atom. The van der Waals surface area contributed by atoms with Crippen LogP contribution in [0.3, 0.4) is 0 Å². The molecule has 2 amide bonds. The first kappa shape index (κ1) is 21.0.